The fourth-order valence-corrected chi connectivity index (χ4v) is 6.12. The summed E-state index contributed by atoms with van der Waals surface area (Å²) in [6.45, 7) is 9.42. The van der Waals surface area contributed by atoms with Crippen LogP contribution >= 0.6 is 0 Å². The highest BCUT2D eigenvalue weighted by molar-refractivity contribution is 7.89. The lowest BCUT2D eigenvalue weighted by Gasteiger charge is -2.33. The van der Waals surface area contributed by atoms with Crippen LogP contribution in [0.3, 0.4) is 0 Å². The fraction of sp³-hybridized carbons (Fsp3) is 0.480. The summed E-state index contributed by atoms with van der Waals surface area (Å²) in [5.74, 6) is -0.436. The molecular weight excluding hydrogens is 541 g/mol. The summed E-state index contributed by atoms with van der Waals surface area (Å²) in [7, 11) is -5.98. The highest BCUT2D eigenvalue weighted by Gasteiger charge is 2.39. The van der Waals surface area contributed by atoms with Crippen molar-refractivity contribution in [2.75, 3.05) is 13.1 Å². The Morgan fingerprint density at radius 3 is 2.08 bits per heavy atom. The molecule has 1 fully saturated rings. The van der Waals surface area contributed by atoms with Crippen molar-refractivity contribution in [2.45, 2.75) is 69.1 Å². The van der Waals surface area contributed by atoms with Crippen LogP contribution in [-0.2, 0) is 24.8 Å². The van der Waals surface area contributed by atoms with Crippen LogP contribution < -0.4 is 15.0 Å². The summed E-state index contributed by atoms with van der Waals surface area (Å²) in [6.07, 6.45) is -4.32. The summed E-state index contributed by atoms with van der Waals surface area (Å²) in [4.78, 5) is 13.0. The molecule has 1 heterocycles. The largest absolute Gasteiger partial charge is 0.573 e. The van der Waals surface area contributed by atoms with Crippen LogP contribution in [0.1, 0.15) is 32.3 Å². The number of sulfonamides is 1. The first kappa shape index (κ1) is 29.9. The molecule has 2 aromatic carbocycles. The maximum Gasteiger partial charge on any atom is 0.573 e. The lowest BCUT2D eigenvalue weighted by atomic mass is 9.84. The minimum absolute atomic E-state index is 0.0489. The third kappa shape index (κ3) is 7.71. The number of nitrogens with one attached hydrogen (secondary N) is 1. The number of hydrogen-bond acceptors (Lipinski definition) is 6. The summed E-state index contributed by atoms with van der Waals surface area (Å²) in [5, 5.41) is 0. The van der Waals surface area contributed by atoms with Gasteiger partial charge in [0.2, 0.25) is 18.3 Å². The number of carbonyl (C=O) groups is 1. The number of ether oxygens (including phenoxy) is 2. The quantitative estimate of drug-likeness (QED) is 0.336. The summed E-state index contributed by atoms with van der Waals surface area (Å²) < 4.78 is 80.9. The molecule has 0 atom stereocenters. The number of benzene rings is 2. The minimum Gasteiger partial charge on any atom is -0.490 e. The zero-order valence-corrected chi connectivity index (χ0v) is 23.8. The van der Waals surface area contributed by atoms with Gasteiger partial charge in [-0.3, -0.25) is 4.79 Å². The Morgan fingerprint density at radius 2 is 1.53 bits per heavy atom. The number of carbonyl (C=O) groups excluding carboxylic acids is 1. The molecule has 0 aliphatic carbocycles. The van der Waals surface area contributed by atoms with Crippen LogP contribution in [0.25, 0.3) is 0 Å². The molecule has 0 spiro atoms. The Morgan fingerprint density at radius 1 is 0.974 bits per heavy atom. The Bertz CT molecular complexity index is 1220. The Kier molecular flexibility index (Phi) is 8.86. The molecule has 2 aromatic rings. The Balaban J connectivity index is 1.68. The van der Waals surface area contributed by atoms with E-state index in [1.807, 2.05) is 19.6 Å². The first-order valence-electron chi connectivity index (χ1n) is 12.1. The highest BCUT2D eigenvalue weighted by Crippen LogP contribution is 2.33. The predicted octanol–water partition coefficient (Wildman–Crippen LogP) is 4.98. The highest BCUT2D eigenvalue weighted by atomic mass is 32.2. The van der Waals surface area contributed by atoms with Gasteiger partial charge in [0.05, 0.1) is 10.3 Å². The molecule has 0 radical (unpaired) electrons. The molecule has 13 heteroatoms. The number of hydroxylamine groups is 1. The number of halogens is 3. The third-order valence-electron chi connectivity index (χ3n) is 5.96. The summed E-state index contributed by atoms with van der Waals surface area (Å²) in [5.41, 5.74) is 1.67. The van der Waals surface area contributed by atoms with Gasteiger partial charge in [-0.2, -0.15) is 4.31 Å². The molecule has 0 aromatic heterocycles. The summed E-state index contributed by atoms with van der Waals surface area (Å²) in [6, 6.07) is 11.5. The topological polar surface area (TPSA) is 94.2 Å². The van der Waals surface area contributed by atoms with E-state index in [0.29, 0.717) is 24.2 Å². The van der Waals surface area contributed by atoms with E-state index in [1.54, 1.807) is 32.0 Å². The van der Waals surface area contributed by atoms with Crippen LogP contribution in [0.5, 0.6) is 11.5 Å². The van der Waals surface area contributed by atoms with Gasteiger partial charge in [0.1, 0.15) is 17.6 Å². The van der Waals surface area contributed by atoms with Crippen molar-refractivity contribution in [2.24, 2.45) is 0 Å². The van der Waals surface area contributed by atoms with Gasteiger partial charge in [-0.05, 0) is 82.2 Å². The van der Waals surface area contributed by atoms with Gasteiger partial charge in [0.25, 0.3) is 5.91 Å². The number of hydrogen-bond donors (Lipinski definition) is 1. The Labute approximate surface area is 222 Å². The van der Waals surface area contributed by atoms with E-state index < -0.39 is 36.0 Å². The molecule has 1 amide bonds. The molecule has 0 unspecified atom stereocenters. The van der Waals surface area contributed by atoms with Gasteiger partial charge in [0.15, 0.2) is 0 Å². The van der Waals surface area contributed by atoms with Gasteiger partial charge in [-0.15, -0.1) is 13.2 Å². The Hall–Kier alpha value is -2.61. The smallest absolute Gasteiger partial charge is 0.490 e. The standard InChI is InChI=1S/C25H33F3N2O6SSi/c1-24(2,23(31)29-36-38(3,4)5)21-8-6-7-9-22(21)37(32,33)30-16-14-19(15-17-30)34-18-10-12-20(13-11-18)35-25(26,27)28/h6-13,19H,14-17H2,1-5H3,(H,29,31). The molecule has 8 nitrogen and oxygen atoms in total. The normalized spacial score (nSPS) is 16.2. The van der Waals surface area contributed by atoms with Gasteiger partial charge < -0.3 is 14.0 Å². The zero-order valence-electron chi connectivity index (χ0n) is 22.0. The van der Waals surface area contributed by atoms with Crippen molar-refractivity contribution < 1.29 is 40.4 Å². The molecule has 0 saturated carbocycles. The summed E-state index contributed by atoms with van der Waals surface area (Å²) >= 11 is 0. The van der Waals surface area contributed by atoms with Crippen molar-refractivity contribution in [1.82, 2.24) is 9.79 Å². The SMILES string of the molecule is CC(C)(C(=O)NO[Si](C)(C)C)c1ccccc1S(=O)(=O)N1CCC(Oc2ccc(OC(F)(F)F)cc2)CC1. The van der Waals surface area contributed by atoms with Crippen molar-refractivity contribution in [3.8, 4) is 11.5 Å². The van der Waals surface area contributed by atoms with Crippen LogP contribution in [0.15, 0.2) is 53.4 Å². The predicted molar refractivity (Wildman–Crippen MR) is 138 cm³/mol. The van der Waals surface area contributed by atoms with E-state index in [1.165, 1.54) is 22.5 Å². The van der Waals surface area contributed by atoms with E-state index in [2.05, 4.69) is 10.2 Å². The first-order chi connectivity index (χ1) is 17.5. The molecule has 38 heavy (non-hydrogen) atoms. The lowest BCUT2D eigenvalue weighted by molar-refractivity contribution is -0.274. The van der Waals surface area contributed by atoms with Gasteiger partial charge in [-0.25, -0.2) is 13.9 Å². The molecule has 1 saturated heterocycles. The molecule has 1 aliphatic heterocycles. The molecule has 210 valence electrons. The number of piperidine rings is 1. The van der Waals surface area contributed by atoms with Crippen molar-refractivity contribution in [3.63, 3.8) is 0 Å². The van der Waals surface area contributed by atoms with E-state index >= 15 is 0 Å². The van der Waals surface area contributed by atoms with Gasteiger partial charge in [0, 0.05) is 13.1 Å². The third-order valence-corrected chi connectivity index (χ3v) is 8.63. The number of alkyl halides is 3. The maximum atomic E-state index is 13.6. The molecule has 1 aliphatic rings. The van der Waals surface area contributed by atoms with E-state index in [0.717, 1.165) is 12.1 Å². The number of rotatable bonds is 9. The van der Waals surface area contributed by atoms with Crippen LogP contribution in [0, 0.1) is 0 Å². The molecule has 0 bridgehead atoms. The van der Waals surface area contributed by atoms with Gasteiger partial charge >= 0.3 is 6.36 Å². The average Bonchev–Trinajstić information content (AvgIpc) is 2.82. The lowest BCUT2D eigenvalue weighted by Crippen LogP contribution is -2.46. The van der Waals surface area contributed by atoms with Crippen LogP contribution in [-0.4, -0.2) is 52.5 Å². The number of nitrogens with zero attached hydrogens (tertiary/aromatic N) is 1. The number of amides is 1. The van der Waals surface area contributed by atoms with Gasteiger partial charge in [-0.1, -0.05) is 18.2 Å². The van der Waals surface area contributed by atoms with Crippen molar-refractivity contribution in [3.05, 3.63) is 54.1 Å². The van der Waals surface area contributed by atoms with Crippen molar-refractivity contribution in [1.29, 1.82) is 0 Å². The molecule has 1 N–H and O–H groups in total. The average molecular weight is 575 g/mol. The molecular formula is C25H33F3N2O6SSi. The van der Waals surface area contributed by atoms with E-state index in [-0.39, 0.29) is 29.8 Å². The van der Waals surface area contributed by atoms with Crippen LogP contribution in [0.4, 0.5) is 13.2 Å². The first-order valence-corrected chi connectivity index (χ1v) is 16.9. The second-order valence-electron chi connectivity index (χ2n) is 10.5. The van der Waals surface area contributed by atoms with E-state index in [9.17, 15) is 26.4 Å². The van der Waals surface area contributed by atoms with Crippen molar-refractivity contribution >= 4 is 24.2 Å². The second kappa shape index (κ2) is 11.2. The molecule has 3 rings (SSSR count). The second-order valence-corrected chi connectivity index (χ2v) is 16.8. The maximum absolute atomic E-state index is 13.6. The zero-order chi connectivity index (χ0) is 28.4. The monoisotopic (exact) mass is 574 g/mol. The van der Waals surface area contributed by atoms with Crippen LogP contribution in [0.2, 0.25) is 19.6 Å². The minimum atomic E-state index is -4.78. The van der Waals surface area contributed by atoms with E-state index in [4.69, 9.17) is 9.26 Å². The fourth-order valence-electron chi connectivity index (χ4n) is 3.90.